The van der Waals surface area contributed by atoms with Gasteiger partial charge < -0.3 is 9.09 Å². The van der Waals surface area contributed by atoms with Gasteiger partial charge in [-0.05, 0) is 11.4 Å². The molecule has 4 rings (SSSR count). The highest BCUT2D eigenvalue weighted by Crippen LogP contribution is 2.22. The summed E-state index contributed by atoms with van der Waals surface area (Å²) in [5, 5.41) is 6.05. The Morgan fingerprint density at radius 2 is 2.35 bits per heavy atom. The van der Waals surface area contributed by atoms with E-state index in [1.807, 2.05) is 29.9 Å². The molecule has 3 aromatic rings. The molecule has 0 radical (unpaired) electrons. The van der Waals surface area contributed by atoms with E-state index in [2.05, 4.69) is 24.6 Å². The molecule has 1 aliphatic rings. The maximum absolute atomic E-state index is 5.34. The zero-order valence-corrected chi connectivity index (χ0v) is 11.6. The van der Waals surface area contributed by atoms with Crippen LogP contribution in [0.4, 0.5) is 0 Å². The molecule has 0 amide bonds. The van der Waals surface area contributed by atoms with Crippen LogP contribution in [0.1, 0.15) is 11.7 Å². The van der Waals surface area contributed by atoms with E-state index >= 15 is 0 Å². The zero-order chi connectivity index (χ0) is 13.4. The predicted molar refractivity (Wildman–Crippen MR) is 74.0 cm³/mol. The summed E-state index contributed by atoms with van der Waals surface area (Å²) in [6.07, 6.45) is 3.87. The lowest BCUT2D eigenvalue weighted by molar-refractivity contribution is 0.183. The molecule has 4 heterocycles. The Morgan fingerprint density at radius 1 is 1.35 bits per heavy atom. The topological polar surface area (TPSA) is 60.0 Å². The highest BCUT2D eigenvalue weighted by molar-refractivity contribution is 7.13. The lowest BCUT2D eigenvalue weighted by Crippen LogP contribution is -2.33. The van der Waals surface area contributed by atoms with E-state index in [9.17, 15) is 0 Å². The molecule has 0 bridgehead atoms. The molecule has 0 saturated carbocycles. The molecule has 3 aromatic heterocycles. The molecular weight excluding hydrogens is 274 g/mol. The van der Waals surface area contributed by atoms with E-state index in [4.69, 9.17) is 4.52 Å². The average molecular weight is 287 g/mol. The summed E-state index contributed by atoms with van der Waals surface area (Å²) in [5.74, 6) is 2.43. The lowest BCUT2D eigenvalue weighted by atomic mass is 10.3. The molecular formula is C13H13N5OS. The largest absolute Gasteiger partial charge is 0.338 e. The minimum absolute atomic E-state index is 0.661. The van der Waals surface area contributed by atoms with Gasteiger partial charge in [0, 0.05) is 25.5 Å². The van der Waals surface area contributed by atoms with Crippen LogP contribution in [-0.2, 0) is 19.6 Å². The van der Waals surface area contributed by atoms with Crippen molar-refractivity contribution in [3.05, 3.63) is 41.6 Å². The van der Waals surface area contributed by atoms with Crippen LogP contribution in [0.5, 0.6) is 0 Å². The van der Waals surface area contributed by atoms with Crippen molar-refractivity contribution in [2.75, 3.05) is 6.54 Å². The number of thiophene rings is 1. The highest BCUT2D eigenvalue weighted by Gasteiger charge is 2.19. The third kappa shape index (κ3) is 2.14. The molecule has 7 heteroatoms. The van der Waals surface area contributed by atoms with Crippen molar-refractivity contribution in [3.8, 4) is 10.7 Å². The molecule has 0 fully saturated rings. The number of hydrogen-bond donors (Lipinski definition) is 0. The fourth-order valence-electron chi connectivity index (χ4n) is 2.37. The highest BCUT2D eigenvalue weighted by atomic mass is 32.1. The summed E-state index contributed by atoms with van der Waals surface area (Å²) in [6.45, 7) is 3.43. The van der Waals surface area contributed by atoms with Gasteiger partial charge in [-0.25, -0.2) is 4.98 Å². The summed E-state index contributed by atoms with van der Waals surface area (Å²) in [7, 11) is 0. The van der Waals surface area contributed by atoms with Crippen LogP contribution in [0, 0.1) is 0 Å². The molecule has 0 aliphatic carbocycles. The summed E-state index contributed by atoms with van der Waals surface area (Å²) in [4.78, 5) is 12.1. The van der Waals surface area contributed by atoms with Crippen LogP contribution < -0.4 is 0 Å². The molecule has 0 aromatic carbocycles. The fourth-order valence-corrected chi connectivity index (χ4v) is 3.02. The van der Waals surface area contributed by atoms with Gasteiger partial charge >= 0.3 is 0 Å². The maximum atomic E-state index is 5.34. The Bertz CT molecular complexity index is 702. The zero-order valence-electron chi connectivity index (χ0n) is 10.8. The van der Waals surface area contributed by atoms with Crippen LogP contribution in [0.3, 0.4) is 0 Å². The van der Waals surface area contributed by atoms with E-state index in [-0.39, 0.29) is 0 Å². The van der Waals surface area contributed by atoms with E-state index in [0.717, 1.165) is 30.3 Å². The van der Waals surface area contributed by atoms with Gasteiger partial charge in [-0.1, -0.05) is 11.2 Å². The Morgan fingerprint density at radius 3 is 3.25 bits per heavy atom. The normalized spacial score (nSPS) is 15.4. The van der Waals surface area contributed by atoms with E-state index in [1.165, 1.54) is 0 Å². The van der Waals surface area contributed by atoms with Crippen molar-refractivity contribution in [2.45, 2.75) is 19.6 Å². The molecule has 20 heavy (non-hydrogen) atoms. The number of rotatable bonds is 3. The summed E-state index contributed by atoms with van der Waals surface area (Å²) >= 11 is 1.62. The van der Waals surface area contributed by atoms with Crippen molar-refractivity contribution >= 4 is 11.3 Å². The first-order chi connectivity index (χ1) is 9.88. The van der Waals surface area contributed by atoms with Gasteiger partial charge in [-0.3, -0.25) is 4.90 Å². The average Bonchev–Trinajstić information content (AvgIpc) is 3.19. The fraction of sp³-hybridized carbons (Fsp3) is 0.308. The van der Waals surface area contributed by atoms with Crippen molar-refractivity contribution in [2.24, 2.45) is 0 Å². The van der Waals surface area contributed by atoms with Crippen molar-refractivity contribution in [1.82, 2.24) is 24.6 Å². The standard InChI is InChI=1S/C13H13N5OS/c1-2-10(20-7-1)13-15-12(19-16-13)9-17-5-6-18-4-3-14-11(18)8-17/h1-4,7H,5-6,8-9H2. The third-order valence-corrected chi connectivity index (χ3v) is 4.26. The Kier molecular flexibility index (Phi) is 2.86. The second-order valence-electron chi connectivity index (χ2n) is 4.74. The number of imidazole rings is 1. The third-order valence-electron chi connectivity index (χ3n) is 3.39. The molecule has 102 valence electrons. The van der Waals surface area contributed by atoms with Gasteiger partial charge in [0.15, 0.2) is 0 Å². The summed E-state index contributed by atoms with van der Waals surface area (Å²) in [5.41, 5.74) is 0. The Labute approximate surface area is 119 Å². The minimum Gasteiger partial charge on any atom is -0.338 e. The van der Waals surface area contributed by atoms with E-state index in [1.54, 1.807) is 11.3 Å². The maximum Gasteiger partial charge on any atom is 0.241 e. The van der Waals surface area contributed by atoms with Crippen LogP contribution >= 0.6 is 11.3 Å². The number of nitrogens with zero attached hydrogens (tertiary/aromatic N) is 5. The quantitative estimate of drug-likeness (QED) is 0.737. The number of hydrogen-bond acceptors (Lipinski definition) is 6. The monoisotopic (exact) mass is 287 g/mol. The smallest absolute Gasteiger partial charge is 0.241 e. The first-order valence-electron chi connectivity index (χ1n) is 6.47. The van der Waals surface area contributed by atoms with E-state index in [0.29, 0.717) is 18.3 Å². The first kappa shape index (κ1) is 11.8. The molecule has 1 aliphatic heterocycles. The Hall–Kier alpha value is -1.99. The predicted octanol–water partition coefficient (Wildman–Crippen LogP) is 2.01. The van der Waals surface area contributed by atoms with Crippen LogP contribution in [0.15, 0.2) is 34.4 Å². The second-order valence-corrected chi connectivity index (χ2v) is 5.68. The molecule has 0 N–H and O–H groups in total. The van der Waals surface area contributed by atoms with Gasteiger partial charge in [0.05, 0.1) is 18.0 Å². The van der Waals surface area contributed by atoms with E-state index < -0.39 is 0 Å². The first-order valence-corrected chi connectivity index (χ1v) is 7.35. The van der Waals surface area contributed by atoms with Gasteiger partial charge in [0.1, 0.15) is 5.82 Å². The Balaban J connectivity index is 1.48. The van der Waals surface area contributed by atoms with Crippen LogP contribution in [0.25, 0.3) is 10.7 Å². The van der Waals surface area contributed by atoms with Crippen molar-refractivity contribution < 1.29 is 4.52 Å². The molecule has 0 atom stereocenters. The molecule has 0 saturated heterocycles. The van der Waals surface area contributed by atoms with Gasteiger partial charge in [-0.2, -0.15) is 4.98 Å². The van der Waals surface area contributed by atoms with Crippen molar-refractivity contribution in [3.63, 3.8) is 0 Å². The lowest BCUT2D eigenvalue weighted by Gasteiger charge is -2.25. The molecule has 0 unspecified atom stereocenters. The van der Waals surface area contributed by atoms with Crippen molar-refractivity contribution in [1.29, 1.82) is 0 Å². The second kappa shape index (κ2) is 4.84. The van der Waals surface area contributed by atoms with Gasteiger partial charge in [0.2, 0.25) is 11.7 Å². The summed E-state index contributed by atoms with van der Waals surface area (Å²) < 4.78 is 7.52. The molecule has 6 nitrogen and oxygen atoms in total. The number of fused-ring (bicyclic) bond motifs is 1. The molecule has 0 spiro atoms. The summed E-state index contributed by atoms with van der Waals surface area (Å²) in [6, 6.07) is 3.98. The van der Waals surface area contributed by atoms with Crippen LogP contribution in [0.2, 0.25) is 0 Å². The minimum atomic E-state index is 0.661. The van der Waals surface area contributed by atoms with Gasteiger partial charge in [-0.15, -0.1) is 11.3 Å². The number of aromatic nitrogens is 4. The van der Waals surface area contributed by atoms with Crippen LogP contribution in [-0.4, -0.2) is 31.1 Å². The van der Waals surface area contributed by atoms with Gasteiger partial charge in [0.25, 0.3) is 0 Å². The SMILES string of the molecule is c1csc(-c2noc(CN3CCn4ccnc4C3)n2)c1.